The molecule has 0 aliphatic heterocycles. The summed E-state index contributed by atoms with van der Waals surface area (Å²) in [5.41, 5.74) is 0. The van der Waals surface area contributed by atoms with Gasteiger partial charge in [0.05, 0.1) is 0 Å². The largest absolute Gasteiger partial charge is 0.481 e. The van der Waals surface area contributed by atoms with Crippen LogP contribution in [0.15, 0.2) is 0 Å². The van der Waals surface area contributed by atoms with Crippen LogP contribution in [0.1, 0.15) is 0 Å². The molecule has 30 nitrogen and oxygen atoms in total. The lowest BCUT2D eigenvalue weighted by atomic mass is 9.85. The van der Waals surface area contributed by atoms with Gasteiger partial charge < -0.3 is 68.5 Å². The van der Waals surface area contributed by atoms with Gasteiger partial charge in [0.25, 0.3) is 0 Å². The standard InChI is InChI=1S/C6H20O30P8/c7-37(8,9)29-1-2(30-38(10,11)12)4(32-40(16,17)18)6(34-44(27,28)36-42(22,23)24)5(3(1)31-39(13,14)15)33-43(25,26)35-41(19,20)21/h1-6H,(H,25,26)(H,27,28)(H2,7,8,9)(H2,10,11,12)(H2,13,14,15)(H2,16,17,18)(H2,19,20,21)(H2,22,23,24)/t1-,2+,3-,4-,5+,6+/m1/s1. The third-order valence-corrected chi connectivity index (χ3v) is 10.4. The van der Waals surface area contributed by atoms with Crippen LogP contribution < -0.4 is 0 Å². The minimum absolute atomic E-state index is 3.36. The molecule has 0 bridgehead atoms. The van der Waals surface area contributed by atoms with Gasteiger partial charge in [-0.05, 0) is 0 Å². The van der Waals surface area contributed by atoms with Gasteiger partial charge in [-0.2, -0.15) is 8.62 Å². The summed E-state index contributed by atoms with van der Waals surface area (Å²) >= 11 is 0. The van der Waals surface area contributed by atoms with E-state index >= 15 is 0 Å². The van der Waals surface area contributed by atoms with Gasteiger partial charge in [-0.15, -0.1) is 0 Å². The first-order valence-electron chi connectivity index (χ1n) is 9.50. The molecule has 0 amide bonds. The van der Waals surface area contributed by atoms with E-state index in [1.54, 1.807) is 0 Å². The molecule has 1 rings (SSSR count). The van der Waals surface area contributed by atoms with Crippen molar-refractivity contribution in [3.05, 3.63) is 0 Å². The third-order valence-electron chi connectivity index (χ3n) is 3.91. The molecule has 0 heterocycles. The molecule has 44 heavy (non-hydrogen) atoms. The Kier molecular flexibility index (Phi) is 14.1. The fourth-order valence-corrected chi connectivity index (χ4v) is 8.87. The van der Waals surface area contributed by atoms with Crippen molar-refractivity contribution in [1.29, 1.82) is 0 Å². The lowest BCUT2D eigenvalue weighted by Gasteiger charge is -2.48. The van der Waals surface area contributed by atoms with Gasteiger partial charge in [0.1, 0.15) is 36.6 Å². The van der Waals surface area contributed by atoms with Gasteiger partial charge in [0.2, 0.25) is 0 Å². The Labute approximate surface area is 240 Å². The lowest BCUT2D eigenvalue weighted by Crippen LogP contribution is -2.66. The van der Waals surface area contributed by atoms with E-state index in [2.05, 4.69) is 35.8 Å². The van der Waals surface area contributed by atoms with E-state index in [9.17, 15) is 85.5 Å². The molecule has 14 N–H and O–H groups in total. The molecule has 1 aliphatic carbocycles. The smallest absolute Gasteiger partial charge is 0.303 e. The predicted octanol–water partition coefficient (Wildman–Crippen LogP) is -2.90. The van der Waals surface area contributed by atoms with Crippen molar-refractivity contribution in [2.45, 2.75) is 36.6 Å². The van der Waals surface area contributed by atoms with Crippen LogP contribution in [-0.2, 0) is 72.3 Å². The summed E-state index contributed by atoms with van der Waals surface area (Å²) in [6.07, 6.45) is -21.0. The molecular weight excluding hydrogens is 800 g/mol. The van der Waals surface area contributed by atoms with Gasteiger partial charge in [0, 0.05) is 0 Å². The molecule has 1 aliphatic rings. The highest BCUT2D eigenvalue weighted by Gasteiger charge is 2.63. The Balaban J connectivity index is 4.25. The van der Waals surface area contributed by atoms with Crippen LogP contribution in [0.3, 0.4) is 0 Å². The summed E-state index contributed by atoms with van der Waals surface area (Å²) in [5.74, 6) is 0. The molecule has 0 aromatic carbocycles. The summed E-state index contributed by atoms with van der Waals surface area (Å²) in [7, 11) is -50.6. The molecule has 8 atom stereocenters. The van der Waals surface area contributed by atoms with Crippen molar-refractivity contribution in [1.82, 2.24) is 0 Å². The van der Waals surface area contributed by atoms with Crippen molar-refractivity contribution in [3.8, 4) is 0 Å². The molecule has 1 fully saturated rings. The molecule has 0 spiro atoms. The number of hydrogen-bond donors (Lipinski definition) is 14. The van der Waals surface area contributed by atoms with E-state index in [1.165, 1.54) is 0 Å². The minimum atomic E-state index is -6.58. The highest BCUT2D eigenvalue weighted by molar-refractivity contribution is 7.61. The number of hydrogen-bond acceptors (Lipinski definition) is 16. The Morgan fingerprint density at radius 1 is 0.273 bits per heavy atom. The first kappa shape index (κ1) is 43.0. The van der Waals surface area contributed by atoms with E-state index in [-0.39, 0.29) is 0 Å². The summed E-state index contributed by atoms with van der Waals surface area (Å²) < 4.78 is 125. The molecular formula is C6H20O30P8. The van der Waals surface area contributed by atoms with Crippen molar-refractivity contribution in [2.24, 2.45) is 0 Å². The van der Waals surface area contributed by atoms with Crippen molar-refractivity contribution in [3.63, 3.8) is 0 Å². The maximum absolute atomic E-state index is 12.3. The van der Waals surface area contributed by atoms with E-state index < -0.39 is 99.2 Å². The highest BCUT2D eigenvalue weighted by Crippen LogP contribution is 2.64. The predicted molar refractivity (Wildman–Crippen MR) is 123 cm³/mol. The molecule has 1 saturated carbocycles. The molecule has 2 unspecified atom stereocenters. The topological polar surface area (TPSA) is 494 Å². The zero-order valence-corrected chi connectivity index (χ0v) is 27.0. The van der Waals surface area contributed by atoms with Gasteiger partial charge in [-0.25, -0.2) is 36.5 Å². The van der Waals surface area contributed by atoms with Gasteiger partial charge in [-0.1, -0.05) is 0 Å². The Morgan fingerprint density at radius 2 is 0.432 bits per heavy atom. The summed E-state index contributed by atoms with van der Waals surface area (Å²) in [6.45, 7) is 0. The zero-order valence-electron chi connectivity index (χ0n) is 19.8. The number of phosphoric ester groups is 6. The van der Waals surface area contributed by atoms with Gasteiger partial charge >= 0.3 is 62.6 Å². The molecule has 38 heteroatoms. The summed E-state index contributed by atoms with van der Waals surface area (Å²) in [6, 6.07) is 0. The lowest BCUT2D eigenvalue weighted by molar-refractivity contribution is -0.201. The van der Waals surface area contributed by atoms with Crippen LogP contribution in [0.5, 0.6) is 0 Å². The zero-order chi connectivity index (χ0) is 35.1. The fourth-order valence-electron chi connectivity index (χ4n) is 3.09. The maximum atomic E-state index is 12.3. The quantitative estimate of drug-likeness (QED) is 0.0694. The first-order valence-corrected chi connectivity index (χ1v) is 21.7. The Bertz CT molecular complexity index is 1290. The fraction of sp³-hybridized carbons (Fsp3) is 1.00. The van der Waals surface area contributed by atoms with Crippen LogP contribution in [0.4, 0.5) is 0 Å². The monoisotopic (exact) mass is 820 g/mol. The number of phosphoric acid groups is 8. The van der Waals surface area contributed by atoms with Crippen LogP contribution in [0.2, 0.25) is 0 Å². The summed E-state index contributed by atoms with van der Waals surface area (Å²) in [4.78, 5) is 129. The Morgan fingerprint density at radius 3 is 0.568 bits per heavy atom. The average molecular weight is 820 g/mol. The van der Waals surface area contributed by atoms with Gasteiger partial charge in [-0.3, -0.25) is 27.1 Å². The molecule has 0 saturated heterocycles. The van der Waals surface area contributed by atoms with E-state index in [0.29, 0.717) is 0 Å². The summed E-state index contributed by atoms with van der Waals surface area (Å²) in [5, 5.41) is 0. The second-order valence-corrected chi connectivity index (χ2v) is 17.8. The second kappa shape index (κ2) is 14.4. The molecule has 0 radical (unpaired) electrons. The average Bonchev–Trinajstić information content (AvgIpc) is 2.62. The molecule has 264 valence electrons. The Hall–Kier alpha value is 0.960. The normalized spacial score (nSPS) is 29.1. The van der Waals surface area contributed by atoms with Crippen molar-refractivity contribution < 1.29 is 141 Å². The SMILES string of the molecule is O=P(O)(O)O[C@@H]1[C@H](OP(=O)(O)O)[C@@H](OP(=O)(O)O)[C@H](OP(=O)(O)OP(=O)(O)O)[C@@H](OP(=O)(O)OP(=O)(O)O)[C@@H]1OP(=O)(O)O. The molecule has 0 aromatic heterocycles. The van der Waals surface area contributed by atoms with E-state index in [1.807, 2.05) is 0 Å². The molecule has 0 aromatic rings. The minimum Gasteiger partial charge on any atom is -0.303 e. The van der Waals surface area contributed by atoms with Crippen LogP contribution in [0.25, 0.3) is 0 Å². The second-order valence-electron chi connectivity index (χ2n) is 7.46. The van der Waals surface area contributed by atoms with E-state index in [4.69, 9.17) is 19.6 Å². The maximum Gasteiger partial charge on any atom is 0.481 e. The van der Waals surface area contributed by atoms with Crippen LogP contribution in [0, 0.1) is 0 Å². The van der Waals surface area contributed by atoms with Crippen molar-refractivity contribution >= 4 is 62.6 Å². The van der Waals surface area contributed by atoms with Crippen LogP contribution in [-0.4, -0.2) is 105 Å². The number of rotatable bonds is 16. The van der Waals surface area contributed by atoms with Crippen molar-refractivity contribution in [2.75, 3.05) is 0 Å². The van der Waals surface area contributed by atoms with Gasteiger partial charge in [0.15, 0.2) is 0 Å². The van der Waals surface area contributed by atoms with E-state index in [0.717, 1.165) is 0 Å². The third kappa shape index (κ3) is 16.9. The van der Waals surface area contributed by atoms with Crippen LogP contribution >= 0.6 is 62.6 Å². The highest BCUT2D eigenvalue weighted by atomic mass is 31.3. The first-order chi connectivity index (χ1) is 19.0.